The Labute approximate surface area is 247 Å². The highest BCUT2D eigenvalue weighted by Gasteiger charge is 2.41. The number of benzene rings is 2. The van der Waals surface area contributed by atoms with Crippen molar-refractivity contribution >= 4 is 46.1 Å². The predicted octanol–water partition coefficient (Wildman–Crippen LogP) is 2.82. The molecule has 0 saturated carbocycles. The Morgan fingerprint density at radius 2 is 1.90 bits per heavy atom. The number of halogens is 1. The van der Waals surface area contributed by atoms with Gasteiger partial charge >= 0.3 is 0 Å². The molecular weight excluding hydrogens is 560 g/mol. The summed E-state index contributed by atoms with van der Waals surface area (Å²) < 4.78 is 5.72. The number of rotatable bonds is 7. The molecule has 11 nitrogen and oxygen atoms in total. The number of aliphatic hydroxyl groups is 1. The number of aliphatic hydroxyl groups excluding tert-OH is 1. The number of fused-ring (bicyclic) bond motifs is 2. The Kier molecular flexibility index (Phi) is 7.56. The molecule has 3 aromatic rings. The van der Waals surface area contributed by atoms with Crippen LogP contribution in [0.1, 0.15) is 50.9 Å². The molecule has 3 aliphatic rings. The number of piperidine rings is 1. The van der Waals surface area contributed by atoms with Gasteiger partial charge in [-0.25, -0.2) is 4.98 Å². The first-order chi connectivity index (χ1) is 20.2. The van der Waals surface area contributed by atoms with Crippen LogP contribution >= 0.6 is 11.6 Å². The van der Waals surface area contributed by atoms with Crippen LogP contribution in [0.25, 0.3) is 11.0 Å². The van der Waals surface area contributed by atoms with Crippen molar-refractivity contribution in [3.05, 3.63) is 70.1 Å². The number of hydrogen-bond donors (Lipinski definition) is 3. The molecule has 1 aromatic heterocycles. The van der Waals surface area contributed by atoms with Gasteiger partial charge in [0.25, 0.3) is 11.8 Å². The molecule has 12 heteroatoms. The number of likely N-dealkylation sites (tertiary alicyclic amines) is 1. The van der Waals surface area contributed by atoms with Gasteiger partial charge < -0.3 is 25.0 Å². The van der Waals surface area contributed by atoms with Crippen LogP contribution in [0.3, 0.4) is 0 Å². The third-order valence-corrected chi connectivity index (χ3v) is 8.45. The van der Waals surface area contributed by atoms with E-state index in [1.807, 2.05) is 14.0 Å². The molecule has 2 atom stereocenters. The number of carbonyl (C=O) groups is 3. The molecule has 3 N–H and O–H groups in total. The van der Waals surface area contributed by atoms with Crippen LogP contribution in [0.5, 0.6) is 5.75 Å². The van der Waals surface area contributed by atoms with E-state index in [1.165, 1.54) is 11.1 Å². The van der Waals surface area contributed by atoms with E-state index in [-0.39, 0.29) is 36.9 Å². The first kappa shape index (κ1) is 28.1. The molecule has 1 saturated heterocycles. The molecule has 42 heavy (non-hydrogen) atoms. The number of nitrogens with one attached hydrogen (secondary N) is 2. The lowest BCUT2D eigenvalue weighted by Crippen LogP contribution is -2.46. The van der Waals surface area contributed by atoms with Gasteiger partial charge in [0.2, 0.25) is 5.91 Å². The monoisotopic (exact) mass is 590 g/mol. The third-order valence-electron chi connectivity index (χ3n) is 8.04. The maximum atomic E-state index is 13.3. The number of aromatic amines is 1. The summed E-state index contributed by atoms with van der Waals surface area (Å²) in [5.74, 6) is -0.925. The molecule has 6 rings (SSSR count). The fourth-order valence-electron chi connectivity index (χ4n) is 5.63. The van der Waals surface area contributed by atoms with Crippen LogP contribution in [0, 0.1) is 6.92 Å². The number of carbonyl (C=O) groups excluding carboxylic acids is 3. The van der Waals surface area contributed by atoms with Crippen molar-refractivity contribution < 1.29 is 24.2 Å². The minimum atomic E-state index is -0.932. The summed E-state index contributed by atoms with van der Waals surface area (Å²) in [6.45, 7) is 3.48. The van der Waals surface area contributed by atoms with Crippen molar-refractivity contribution in [1.82, 2.24) is 25.1 Å². The number of aliphatic imine (C=N–C) groups is 1. The number of imidazole rings is 1. The lowest BCUT2D eigenvalue weighted by atomic mass is 9.99. The van der Waals surface area contributed by atoms with E-state index in [0.717, 1.165) is 31.5 Å². The van der Waals surface area contributed by atoms with Gasteiger partial charge in [0, 0.05) is 22.8 Å². The number of imide groups is 1. The zero-order chi connectivity index (χ0) is 29.5. The number of aromatic nitrogens is 2. The molecule has 218 valence electrons. The lowest BCUT2D eigenvalue weighted by Gasteiger charge is -2.33. The van der Waals surface area contributed by atoms with Gasteiger partial charge in [0.05, 0.1) is 34.4 Å². The number of H-pyrrole nitrogens is 1. The van der Waals surface area contributed by atoms with Crippen LogP contribution < -0.4 is 10.1 Å². The van der Waals surface area contributed by atoms with E-state index in [0.29, 0.717) is 44.5 Å². The van der Waals surface area contributed by atoms with Crippen molar-refractivity contribution in [3.8, 4) is 5.75 Å². The van der Waals surface area contributed by atoms with E-state index in [1.54, 1.807) is 36.4 Å². The third kappa shape index (κ3) is 5.19. The van der Waals surface area contributed by atoms with E-state index in [2.05, 4.69) is 25.2 Å². The van der Waals surface area contributed by atoms with Crippen LogP contribution in [-0.4, -0.2) is 93.7 Å². The van der Waals surface area contributed by atoms with Crippen LogP contribution in [0.15, 0.2) is 47.6 Å². The highest BCUT2D eigenvalue weighted by atomic mass is 35.5. The second-order valence-corrected chi connectivity index (χ2v) is 11.3. The summed E-state index contributed by atoms with van der Waals surface area (Å²) in [6, 6.07) is 8.44. The number of ether oxygens (including phenoxy) is 1. The molecular formula is C30H31ClN6O5. The molecule has 3 amide bonds. The van der Waals surface area contributed by atoms with Gasteiger partial charge in [-0.3, -0.25) is 24.3 Å². The van der Waals surface area contributed by atoms with Gasteiger partial charge in [-0.15, -0.1) is 0 Å². The van der Waals surface area contributed by atoms with E-state index in [4.69, 9.17) is 16.3 Å². The summed E-state index contributed by atoms with van der Waals surface area (Å²) in [5, 5.41) is 13.8. The van der Waals surface area contributed by atoms with Gasteiger partial charge in [0.1, 0.15) is 30.2 Å². The molecule has 4 heterocycles. The summed E-state index contributed by atoms with van der Waals surface area (Å²) in [4.78, 5) is 55.4. The number of hydrogen-bond acceptors (Lipinski definition) is 8. The molecule has 3 aliphatic heterocycles. The molecule has 2 aromatic carbocycles. The fourth-order valence-corrected chi connectivity index (χ4v) is 5.79. The Balaban J connectivity index is 1.20. The zero-order valence-corrected chi connectivity index (χ0v) is 24.0. The minimum absolute atomic E-state index is 0.00656. The number of amides is 3. The molecule has 0 spiro atoms. The quantitative estimate of drug-likeness (QED) is 0.359. The van der Waals surface area contributed by atoms with Crippen molar-refractivity contribution in [2.45, 2.75) is 37.8 Å². The Bertz CT molecular complexity index is 1590. The minimum Gasteiger partial charge on any atom is -0.490 e. The van der Waals surface area contributed by atoms with Gasteiger partial charge in [0.15, 0.2) is 0 Å². The van der Waals surface area contributed by atoms with E-state index in [9.17, 15) is 19.5 Å². The summed E-state index contributed by atoms with van der Waals surface area (Å²) >= 11 is 6.14. The van der Waals surface area contributed by atoms with Crippen molar-refractivity contribution in [2.75, 3.05) is 33.3 Å². The Morgan fingerprint density at radius 1 is 1.17 bits per heavy atom. The van der Waals surface area contributed by atoms with Crippen molar-refractivity contribution in [2.24, 2.45) is 4.99 Å². The summed E-state index contributed by atoms with van der Waals surface area (Å²) in [6.07, 6.45) is 3.70. The first-order valence-corrected chi connectivity index (χ1v) is 14.3. The first-order valence-electron chi connectivity index (χ1n) is 13.9. The second-order valence-electron chi connectivity index (χ2n) is 10.9. The van der Waals surface area contributed by atoms with Crippen LogP contribution in [-0.2, 0) is 4.79 Å². The second kappa shape index (κ2) is 11.3. The van der Waals surface area contributed by atoms with Crippen LogP contribution in [0.4, 0.5) is 0 Å². The average Bonchev–Trinajstić information content (AvgIpc) is 3.49. The smallest absolute Gasteiger partial charge is 0.261 e. The molecule has 0 bridgehead atoms. The molecule has 1 unspecified atom stereocenters. The molecule has 0 radical (unpaired) electrons. The predicted molar refractivity (Wildman–Crippen MR) is 157 cm³/mol. The van der Waals surface area contributed by atoms with Crippen molar-refractivity contribution in [3.63, 3.8) is 0 Å². The summed E-state index contributed by atoms with van der Waals surface area (Å²) in [7, 11) is 2.03. The lowest BCUT2D eigenvalue weighted by molar-refractivity contribution is -0.120. The Hall–Kier alpha value is -4.06. The molecule has 0 aliphatic carbocycles. The van der Waals surface area contributed by atoms with E-state index < -0.39 is 12.0 Å². The number of allylic oxidation sites excluding steroid dienone is 1. The standard InChI is InChI=1S/C30H31ClN6O5/c1-16-21(31)4-3-5-25(16)42-15-18(38)14-33-22-6-9-32-28(39)26(22)27-34-23-12-19-20(13-24(23)35-27)30(41)37(29(19)40)17-7-10-36(2)11-8-17/h3-6,9,12-13,17-18,26,38H,7-8,10-11,14-15H2,1-2H3,(H,32,39)(H,34,35)/t18-,26?/m1/s1. The normalized spacial score (nSPS) is 21.3. The van der Waals surface area contributed by atoms with Gasteiger partial charge in [-0.2, -0.15) is 0 Å². The SMILES string of the molecule is Cc1c(Cl)cccc1OC[C@H](O)CN=C1C=CNC(=O)C1c1nc2cc3c(cc2[nH]1)C(=O)N(C1CCN(C)CC1)C3=O. The van der Waals surface area contributed by atoms with Crippen molar-refractivity contribution in [1.29, 1.82) is 0 Å². The maximum Gasteiger partial charge on any atom is 0.261 e. The highest BCUT2D eigenvalue weighted by molar-refractivity contribution is 6.31. The average molecular weight is 591 g/mol. The van der Waals surface area contributed by atoms with Gasteiger partial charge in [-0.05, 0) is 70.2 Å². The largest absolute Gasteiger partial charge is 0.490 e. The number of nitrogens with zero attached hydrogens (tertiary/aromatic N) is 4. The highest BCUT2D eigenvalue weighted by Crippen LogP contribution is 2.32. The van der Waals surface area contributed by atoms with Gasteiger partial charge in [-0.1, -0.05) is 17.7 Å². The zero-order valence-electron chi connectivity index (χ0n) is 23.3. The van der Waals surface area contributed by atoms with Crippen LogP contribution in [0.2, 0.25) is 5.02 Å². The Morgan fingerprint density at radius 3 is 2.67 bits per heavy atom. The fraction of sp³-hybridized carbons (Fsp3) is 0.367. The maximum absolute atomic E-state index is 13.3. The van der Waals surface area contributed by atoms with E-state index >= 15 is 0 Å². The molecule has 1 fully saturated rings. The topological polar surface area (TPSA) is 140 Å². The summed E-state index contributed by atoms with van der Waals surface area (Å²) in [5.41, 5.74) is 2.86.